The van der Waals surface area contributed by atoms with Gasteiger partial charge in [-0.15, -0.1) is 0 Å². The van der Waals surface area contributed by atoms with Crippen molar-refractivity contribution in [1.82, 2.24) is 10.3 Å². The van der Waals surface area contributed by atoms with E-state index < -0.39 is 0 Å². The Morgan fingerprint density at radius 2 is 2.20 bits per heavy atom. The molecule has 1 aliphatic heterocycles. The summed E-state index contributed by atoms with van der Waals surface area (Å²) in [4.78, 5) is 16.0. The van der Waals surface area contributed by atoms with Crippen molar-refractivity contribution in [2.75, 3.05) is 13.7 Å². The zero-order valence-electron chi connectivity index (χ0n) is 11.2. The van der Waals surface area contributed by atoms with Crippen LogP contribution in [-0.4, -0.2) is 30.6 Å². The van der Waals surface area contributed by atoms with Gasteiger partial charge in [0.05, 0.1) is 13.0 Å². The van der Waals surface area contributed by atoms with Gasteiger partial charge in [0.2, 0.25) is 0 Å². The molecule has 3 rings (SSSR count). The van der Waals surface area contributed by atoms with Crippen molar-refractivity contribution in [3.8, 4) is 11.3 Å². The summed E-state index contributed by atoms with van der Waals surface area (Å²) in [5.41, 5.74) is 1.85. The van der Waals surface area contributed by atoms with E-state index in [1.807, 2.05) is 30.3 Å². The molecule has 5 nitrogen and oxygen atoms in total. The molecule has 0 unspecified atom stereocenters. The maximum Gasteiger partial charge on any atom is 0.322 e. The minimum absolute atomic E-state index is 0.108. The van der Waals surface area contributed by atoms with Crippen LogP contribution in [0.4, 0.5) is 0 Å². The zero-order chi connectivity index (χ0) is 13.9. The van der Waals surface area contributed by atoms with Crippen molar-refractivity contribution in [2.45, 2.75) is 18.4 Å². The van der Waals surface area contributed by atoms with E-state index in [-0.39, 0.29) is 17.9 Å². The summed E-state index contributed by atoms with van der Waals surface area (Å²) in [7, 11) is 1.40. The molecule has 0 radical (unpaired) electrons. The predicted octanol–water partition coefficient (Wildman–Crippen LogP) is 1.96. The molecule has 2 heterocycles. The average Bonchev–Trinajstić information content (AvgIpc) is 3.16. The number of hydrogen-bond donors (Lipinski definition) is 1. The van der Waals surface area contributed by atoms with Crippen molar-refractivity contribution in [3.63, 3.8) is 0 Å². The molecule has 1 saturated heterocycles. The molecule has 1 aromatic heterocycles. The van der Waals surface area contributed by atoms with Crippen LogP contribution in [0.1, 0.15) is 18.2 Å². The first-order valence-corrected chi connectivity index (χ1v) is 6.60. The van der Waals surface area contributed by atoms with Crippen LogP contribution in [0.25, 0.3) is 11.3 Å². The van der Waals surface area contributed by atoms with Crippen LogP contribution in [0.5, 0.6) is 0 Å². The van der Waals surface area contributed by atoms with Gasteiger partial charge in [-0.25, -0.2) is 4.98 Å². The van der Waals surface area contributed by atoms with Gasteiger partial charge in [-0.3, -0.25) is 4.79 Å². The van der Waals surface area contributed by atoms with Crippen LogP contribution in [0.3, 0.4) is 0 Å². The van der Waals surface area contributed by atoms with Gasteiger partial charge in [0.25, 0.3) is 0 Å². The third-order valence-corrected chi connectivity index (χ3v) is 3.56. The van der Waals surface area contributed by atoms with Crippen LogP contribution in [0, 0.1) is 0 Å². The maximum atomic E-state index is 11.5. The van der Waals surface area contributed by atoms with Crippen LogP contribution in [0.2, 0.25) is 0 Å². The molecule has 0 bridgehead atoms. The SMILES string of the molecule is COC(=O)[C@@H]1C[C@@H](c2nc(-c3ccccc3)co2)CN1. The summed E-state index contributed by atoms with van der Waals surface area (Å²) in [6.45, 7) is 0.675. The third-order valence-electron chi connectivity index (χ3n) is 3.56. The largest absolute Gasteiger partial charge is 0.468 e. The van der Waals surface area contributed by atoms with Crippen molar-refractivity contribution in [3.05, 3.63) is 42.5 Å². The van der Waals surface area contributed by atoms with Gasteiger partial charge < -0.3 is 14.5 Å². The number of oxazole rings is 1. The molecular weight excluding hydrogens is 256 g/mol. The second kappa shape index (κ2) is 5.46. The lowest BCUT2D eigenvalue weighted by atomic mass is 10.1. The topological polar surface area (TPSA) is 64.4 Å². The molecule has 5 heteroatoms. The van der Waals surface area contributed by atoms with Gasteiger partial charge in [-0.05, 0) is 6.42 Å². The molecule has 1 aromatic carbocycles. The summed E-state index contributed by atoms with van der Waals surface area (Å²) < 4.78 is 10.3. The molecule has 0 saturated carbocycles. The second-order valence-corrected chi connectivity index (χ2v) is 4.85. The number of carbonyl (C=O) groups excluding carboxylic acids is 1. The normalized spacial score (nSPS) is 21.9. The molecule has 104 valence electrons. The highest BCUT2D eigenvalue weighted by atomic mass is 16.5. The highest BCUT2D eigenvalue weighted by Gasteiger charge is 2.33. The van der Waals surface area contributed by atoms with E-state index in [1.165, 1.54) is 7.11 Å². The van der Waals surface area contributed by atoms with Gasteiger partial charge >= 0.3 is 5.97 Å². The van der Waals surface area contributed by atoms with Crippen LogP contribution >= 0.6 is 0 Å². The molecular formula is C15H16N2O3. The van der Waals surface area contributed by atoms with E-state index in [0.717, 1.165) is 11.3 Å². The van der Waals surface area contributed by atoms with Gasteiger partial charge in [-0.2, -0.15) is 0 Å². The summed E-state index contributed by atoms with van der Waals surface area (Å²) >= 11 is 0. The lowest BCUT2D eigenvalue weighted by Gasteiger charge is -2.06. The number of carbonyl (C=O) groups is 1. The van der Waals surface area contributed by atoms with E-state index in [4.69, 9.17) is 9.15 Å². The number of benzene rings is 1. The predicted molar refractivity (Wildman–Crippen MR) is 73.1 cm³/mol. The molecule has 20 heavy (non-hydrogen) atoms. The minimum Gasteiger partial charge on any atom is -0.468 e. The highest BCUT2D eigenvalue weighted by Crippen LogP contribution is 2.28. The number of nitrogens with zero attached hydrogens (tertiary/aromatic N) is 1. The van der Waals surface area contributed by atoms with Crippen molar-refractivity contribution in [1.29, 1.82) is 0 Å². The summed E-state index contributed by atoms with van der Waals surface area (Å²) in [6, 6.07) is 9.61. The van der Waals surface area contributed by atoms with Crippen LogP contribution < -0.4 is 5.32 Å². The van der Waals surface area contributed by atoms with Gasteiger partial charge in [0, 0.05) is 12.1 Å². The first-order chi connectivity index (χ1) is 9.78. The Hall–Kier alpha value is -2.14. The summed E-state index contributed by atoms with van der Waals surface area (Å²) in [5, 5.41) is 3.13. The fraction of sp³-hybridized carbons (Fsp3) is 0.333. The number of rotatable bonds is 3. The van der Waals surface area contributed by atoms with Gasteiger partial charge in [0.15, 0.2) is 5.89 Å². The van der Waals surface area contributed by atoms with Crippen molar-refractivity contribution in [2.24, 2.45) is 0 Å². The molecule has 0 amide bonds. The lowest BCUT2D eigenvalue weighted by molar-refractivity contribution is -0.142. The maximum absolute atomic E-state index is 11.5. The first-order valence-electron chi connectivity index (χ1n) is 6.60. The Labute approximate surface area is 117 Å². The average molecular weight is 272 g/mol. The minimum atomic E-state index is -0.267. The van der Waals surface area contributed by atoms with Gasteiger partial charge in [0.1, 0.15) is 18.0 Å². The lowest BCUT2D eigenvalue weighted by Crippen LogP contribution is -2.31. The molecule has 0 spiro atoms. The van der Waals surface area contributed by atoms with Gasteiger partial charge in [-0.1, -0.05) is 30.3 Å². The Bertz CT molecular complexity index is 594. The number of nitrogens with one attached hydrogen (secondary N) is 1. The van der Waals surface area contributed by atoms with Crippen LogP contribution in [0.15, 0.2) is 41.0 Å². The quantitative estimate of drug-likeness (QED) is 0.865. The molecule has 1 fully saturated rings. The summed E-state index contributed by atoms with van der Waals surface area (Å²) in [6.07, 6.45) is 2.32. The second-order valence-electron chi connectivity index (χ2n) is 4.85. The van der Waals surface area contributed by atoms with E-state index in [1.54, 1.807) is 6.26 Å². The molecule has 2 atom stereocenters. The third kappa shape index (κ3) is 2.44. The number of hydrogen-bond acceptors (Lipinski definition) is 5. The Morgan fingerprint density at radius 3 is 2.95 bits per heavy atom. The molecule has 1 aliphatic rings. The fourth-order valence-corrected chi connectivity index (χ4v) is 2.46. The van der Waals surface area contributed by atoms with E-state index in [2.05, 4.69) is 10.3 Å². The Kier molecular flexibility index (Phi) is 3.52. The van der Waals surface area contributed by atoms with E-state index in [9.17, 15) is 4.79 Å². The smallest absolute Gasteiger partial charge is 0.322 e. The van der Waals surface area contributed by atoms with E-state index >= 15 is 0 Å². The Balaban J connectivity index is 1.74. The zero-order valence-corrected chi connectivity index (χ0v) is 11.2. The molecule has 1 N–H and O–H groups in total. The monoisotopic (exact) mass is 272 g/mol. The first kappa shape index (κ1) is 12.9. The number of esters is 1. The van der Waals surface area contributed by atoms with Crippen molar-refractivity contribution < 1.29 is 13.9 Å². The Morgan fingerprint density at radius 1 is 1.40 bits per heavy atom. The highest BCUT2D eigenvalue weighted by molar-refractivity contribution is 5.76. The fourth-order valence-electron chi connectivity index (χ4n) is 2.46. The molecule has 0 aliphatic carbocycles. The standard InChI is InChI=1S/C15H16N2O3/c1-19-15(18)12-7-11(8-16-12)14-17-13(9-20-14)10-5-3-2-4-6-10/h2-6,9,11-12,16H,7-8H2,1H3/t11-,12+/m1/s1. The van der Waals surface area contributed by atoms with Crippen LogP contribution in [-0.2, 0) is 9.53 Å². The number of ether oxygens (including phenoxy) is 1. The van der Waals surface area contributed by atoms with E-state index in [0.29, 0.717) is 18.9 Å². The number of methoxy groups -OCH3 is 1. The molecule has 2 aromatic rings. The van der Waals surface area contributed by atoms with Crippen molar-refractivity contribution >= 4 is 5.97 Å². The summed E-state index contributed by atoms with van der Waals surface area (Å²) in [5.74, 6) is 0.543. The number of aromatic nitrogens is 1.